The van der Waals surface area contributed by atoms with E-state index in [4.69, 9.17) is 14.9 Å². The summed E-state index contributed by atoms with van der Waals surface area (Å²) in [6.07, 6.45) is 1.49. The van der Waals surface area contributed by atoms with Gasteiger partial charge in [0.15, 0.2) is 0 Å². The molecule has 0 aliphatic carbocycles. The second kappa shape index (κ2) is 6.18. The molecule has 0 bridgehead atoms. The molecule has 4 rings (SSSR count). The summed E-state index contributed by atoms with van der Waals surface area (Å²) >= 11 is 0. The lowest BCUT2D eigenvalue weighted by molar-refractivity contribution is 0.134. The third-order valence-corrected chi connectivity index (χ3v) is 4.88. The number of H-pyrrole nitrogens is 1. The van der Waals surface area contributed by atoms with Gasteiger partial charge in [-0.1, -0.05) is 12.1 Å². The zero-order chi connectivity index (χ0) is 16.7. The Morgan fingerprint density at radius 2 is 2.21 bits per heavy atom. The molecule has 1 fully saturated rings. The summed E-state index contributed by atoms with van der Waals surface area (Å²) in [6.45, 7) is 5.62. The average Bonchev–Trinajstić information content (AvgIpc) is 3.16. The van der Waals surface area contributed by atoms with Crippen LogP contribution in [0.25, 0.3) is 0 Å². The standard InChI is InChI=1S/C17H22N4O3/c1-10-13(3-2-11-8-23-9-14(10)11)15-6-21(7-16(18)20-15)5-12-4-19-17(22)24-12/h2-4,15-16,20H,5-9,18H2,1H3,(H,19,22)/t15-,16+/m0/s1. The lowest BCUT2D eigenvalue weighted by atomic mass is 9.93. The predicted molar refractivity (Wildman–Crippen MR) is 88.1 cm³/mol. The van der Waals surface area contributed by atoms with E-state index in [0.29, 0.717) is 32.1 Å². The first-order chi connectivity index (χ1) is 11.6. The summed E-state index contributed by atoms with van der Waals surface area (Å²) in [5.74, 6) is 0.211. The maximum Gasteiger partial charge on any atom is 0.416 e. The Labute approximate surface area is 139 Å². The van der Waals surface area contributed by atoms with Gasteiger partial charge < -0.3 is 14.9 Å². The van der Waals surface area contributed by atoms with Crippen molar-refractivity contribution in [3.8, 4) is 0 Å². The molecule has 0 saturated carbocycles. The zero-order valence-electron chi connectivity index (χ0n) is 13.7. The highest BCUT2D eigenvalue weighted by Gasteiger charge is 2.28. The van der Waals surface area contributed by atoms with Crippen LogP contribution < -0.4 is 16.8 Å². The number of nitrogens with zero attached hydrogens (tertiary/aromatic N) is 1. The van der Waals surface area contributed by atoms with Gasteiger partial charge in [-0.15, -0.1) is 0 Å². The first-order valence-electron chi connectivity index (χ1n) is 8.20. The molecule has 3 heterocycles. The second-order valence-corrected chi connectivity index (χ2v) is 6.57. The van der Waals surface area contributed by atoms with Crippen molar-refractivity contribution in [2.45, 2.75) is 38.9 Å². The molecule has 0 unspecified atom stereocenters. The fraction of sp³-hybridized carbons (Fsp3) is 0.471. The Balaban J connectivity index is 1.56. The summed E-state index contributed by atoms with van der Waals surface area (Å²) < 4.78 is 10.7. The highest BCUT2D eigenvalue weighted by molar-refractivity contribution is 5.43. The number of oxazole rings is 1. The van der Waals surface area contributed by atoms with Crippen LogP contribution in [0.3, 0.4) is 0 Å². The number of aromatic nitrogens is 1. The van der Waals surface area contributed by atoms with E-state index < -0.39 is 5.76 Å². The molecule has 7 heteroatoms. The van der Waals surface area contributed by atoms with Crippen LogP contribution in [-0.2, 0) is 24.5 Å². The Hall–Kier alpha value is -1.93. The van der Waals surface area contributed by atoms with Crippen molar-refractivity contribution in [3.63, 3.8) is 0 Å². The first kappa shape index (κ1) is 15.6. The largest absolute Gasteiger partial charge is 0.416 e. The third kappa shape index (κ3) is 2.91. The van der Waals surface area contributed by atoms with Gasteiger partial charge in [0.25, 0.3) is 0 Å². The van der Waals surface area contributed by atoms with Crippen molar-refractivity contribution < 1.29 is 9.15 Å². The Morgan fingerprint density at radius 3 is 3.00 bits per heavy atom. The number of hydrogen-bond donors (Lipinski definition) is 3. The number of piperazine rings is 1. The molecular weight excluding hydrogens is 308 g/mol. The van der Waals surface area contributed by atoms with E-state index in [1.807, 2.05) is 0 Å². The van der Waals surface area contributed by atoms with Crippen LogP contribution in [0.1, 0.15) is 34.1 Å². The van der Waals surface area contributed by atoms with Crippen LogP contribution in [0.15, 0.2) is 27.5 Å². The van der Waals surface area contributed by atoms with Gasteiger partial charge in [-0.2, -0.15) is 0 Å². The zero-order valence-corrected chi connectivity index (χ0v) is 13.7. The summed E-state index contributed by atoms with van der Waals surface area (Å²) in [5.41, 5.74) is 11.3. The van der Waals surface area contributed by atoms with Gasteiger partial charge >= 0.3 is 5.76 Å². The van der Waals surface area contributed by atoms with E-state index in [-0.39, 0.29) is 12.2 Å². The number of nitrogens with two attached hydrogens (primary N) is 1. The molecule has 128 valence electrons. The molecule has 0 radical (unpaired) electrons. The van der Waals surface area contributed by atoms with Crippen molar-refractivity contribution in [2.75, 3.05) is 13.1 Å². The summed E-state index contributed by atoms with van der Waals surface area (Å²) in [5, 5.41) is 3.48. The number of benzene rings is 1. The van der Waals surface area contributed by atoms with E-state index in [1.165, 1.54) is 22.3 Å². The van der Waals surface area contributed by atoms with E-state index in [0.717, 1.165) is 6.54 Å². The van der Waals surface area contributed by atoms with E-state index in [1.54, 1.807) is 6.20 Å². The third-order valence-electron chi connectivity index (χ3n) is 4.88. The van der Waals surface area contributed by atoms with Crippen LogP contribution in [0.4, 0.5) is 0 Å². The fourth-order valence-electron chi connectivity index (χ4n) is 3.72. The number of ether oxygens (including phenoxy) is 1. The van der Waals surface area contributed by atoms with Crippen molar-refractivity contribution in [3.05, 3.63) is 56.9 Å². The smallest absolute Gasteiger partial charge is 0.412 e. The van der Waals surface area contributed by atoms with Crippen LogP contribution in [0.5, 0.6) is 0 Å². The molecule has 7 nitrogen and oxygen atoms in total. The van der Waals surface area contributed by atoms with Crippen LogP contribution in [0, 0.1) is 6.92 Å². The highest BCUT2D eigenvalue weighted by Crippen LogP contribution is 2.30. The molecule has 4 N–H and O–H groups in total. The quantitative estimate of drug-likeness (QED) is 0.768. The van der Waals surface area contributed by atoms with Crippen LogP contribution >= 0.6 is 0 Å². The van der Waals surface area contributed by atoms with E-state index >= 15 is 0 Å². The minimum Gasteiger partial charge on any atom is -0.412 e. The Morgan fingerprint density at radius 1 is 1.33 bits per heavy atom. The molecule has 0 spiro atoms. The predicted octanol–water partition coefficient (Wildman–Crippen LogP) is 0.738. The van der Waals surface area contributed by atoms with Gasteiger partial charge in [0.2, 0.25) is 0 Å². The number of aromatic amines is 1. The lowest BCUT2D eigenvalue weighted by Gasteiger charge is -2.38. The average molecular weight is 330 g/mol. The van der Waals surface area contributed by atoms with E-state index in [2.05, 4.69) is 34.3 Å². The minimum atomic E-state index is -0.421. The summed E-state index contributed by atoms with van der Waals surface area (Å²) in [7, 11) is 0. The Bertz CT molecular complexity index is 797. The van der Waals surface area contributed by atoms with E-state index in [9.17, 15) is 4.79 Å². The van der Waals surface area contributed by atoms with Crippen molar-refractivity contribution in [1.29, 1.82) is 0 Å². The van der Waals surface area contributed by atoms with Crippen LogP contribution in [-0.4, -0.2) is 29.1 Å². The van der Waals surface area contributed by atoms with Gasteiger partial charge in [-0.3, -0.25) is 15.2 Å². The first-order valence-corrected chi connectivity index (χ1v) is 8.20. The molecule has 2 aromatic rings. The van der Waals surface area contributed by atoms with Crippen molar-refractivity contribution in [2.24, 2.45) is 5.73 Å². The summed E-state index contributed by atoms with van der Waals surface area (Å²) in [6, 6.07) is 4.47. The number of hydrogen-bond acceptors (Lipinski definition) is 6. The molecule has 2 aliphatic heterocycles. The summed E-state index contributed by atoms with van der Waals surface area (Å²) in [4.78, 5) is 15.9. The van der Waals surface area contributed by atoms with Gasteiger partial charge in [0, 0.05) is 25.3 Å². The molecular formula is C17H22N4O3. The van der Waals surface area contributed by atoms with Gasteiger partial charge in [-0.05, 0) is 29.2 Å². The molecule has 2 aliphatic rings. The topological polar surface area (TPSA) is 96.5 Å². The highest BCUT2D eigenvalue weighted by atomic mass is 16.5. The van der Waals surface area contributed by atoms with Gasteiger partial charge in [0.1, 0.15) is 5.76 Å². The van der Waals surface area contributed by atoms with Gasteiger partial charge in [0.05, 0.1) is 25.9 Å². The monoisotopic (exact) mass is 330 g/mol. The molecule has 0 amide bonds. The van der Waals surface area contributed by atoms with Crippen LogP contribution in [0.2, 0.25) is 0 Å². The normalized spacial score (nSPS) is 24.2. The molecule has 1 aromatic heterocycles. The maximum absolute atomic E-state index is 11.1. The number of nitrogens with one attached hydrogen (secondary N) is 2. The van der Waals surface area contributed by atoms with Crippen molar-refractivity contribution >= 4 is 0 Å². The molecule has 2 atom stereocenters. The maximum atomic E-state index is 11.1. The number of rotatable bonds is 3. The van der Waals surface area contributed by atoms with Gasteiger partial charge in [-0.25, -0.2) is 4.79 Å². The minimum absolute atomic E-state index is 0.127. The SMILES string of the molecule is Cc1c([C@@H]2CN(Cc3c[nH]c(=O)o3)C[C@H](N)N2)ccc2c1COC2. The molecule has 24 heavy (non-hydrogen) atoms. The fourth-order valence-corrected chi connectivity index (χ4v) is 3.72. The Kier molecular flexibility index (Phi) is 4.01. The number of fused-ring (bicyclic) bond motifs is 1. The molecule has 1 saturated heterocycles. The lowest BCUT2D eigenvalue weighted by Crippen LogP contribution is -2.56. The second-order valence-electron chi connectivity index (χ2n) is 6.57. The molecule has 1 aromatic carbocycles. The van der Waals surface area contributed by atoms with Crippen molar-refractivity contribution in [1.82, 2.24) is 15.2 Å².